The average molecular weight is 398 g/mol. The number of thiophene rings is 1. The highest BCUT2D eigenvalue weighted by atomic mass is 79.9. The number of carbonyl (C=O) groups excluding carboxylic acids is 1. The third kappa shape index (κ3) is 4.86. The van der Waals surface area contributed by atoms with Gasteiger partial charge in [0.15, 0.2) is 6.10 Å². The van der Waals surface area contributed by atoms with Crippen molar-refractivity contribution in [3.05, 3.63) is 55.2 Å². The van der Waals surface area contributed by atoms with Gasteiger partial charge in [-0.1, -0.05) is 12.1 Å². The summed E-state index contributed by atoms with van der Waals surface area (Å²) in [6.45, 7) is 1.60. The first-order chi connectivity index (χ1) is 11.0. The van der Waals surface area contributed by atoms with Crippen LogP contribution >= 0.6 is 27.3 Å². The van der Waals surface area contributed by atoms with Crippen LogP contribution in [0.3, 0.4) is 0 Å². The molecule has 0 fully saturated rings. The first kappa shape index (κ1) is 17.1. The molecule has 0 aliphatic heterocycles. The van der Waals surface area contributed by atoms with Gasteiger partial charge in [-0.3, -0.25) is 14.9 Å². The molecule has 0 spiro atoms. The summed E-state index contributed by atoms with van der Waals surface area (Å²) < 4.78 is 6.27. The highest BCUT2D eigenvalue weighted by Crippen LogP contribution is 2.24. The van der Waals surface area contributed by atoms with E-state index < -0.39 is 16.9 Å². The van der Waals surface area contributed by atoms with Crippen LogP contribution in [-0.4, -0.2) is 23.1 Å². The number of amides is 1. The first-order valence-electron chi connectivity index (χ1n) is 6.44. The van der Waals surface area contributed by atoms with Crippen LogP contribution in [0.4, 0.5) is 5.69 Å². The quantitative estimate of drug-likeness (QED) is 0.459. The second-order valence-corrected chi connectivity index (χ2v) is 6.19. The minimum atomic E-state index is -0.747. The number of carbonyl (C=O) groups is 1. The fourth-order valence-corrected chi connectivity index (χ4v) is 2.63. The first-order valence-corrected chi connectivity index (χ1v) is 8.11. The van der Waals surface area contributed by atoms with E-state index in [-0.39, 0.29) is 5.69 Å². The van der Waals surface area contributed by atoms with Crippen LogP contribution in [0.15, 0.2) is 45.3 Å². The van der Waals surface area contributed by atoms with Crippen LogP contribution in [-0.2, 0) is 4.79 Å². The van der Waals surface area contributed by atoms with Gasteiger partial charge in [0.2, 0.25) is 0 Å². The topological polar surface area (TPSA) is 93.8 Å². The van der Waals surface area contributed by atoms with E-state index in [1.165, 1.54) is 17.7 Å². The maximum absolute atomic E-state index is 11.9. The minimum Gasteiger partial charge on any atom is -0.480 e. The van der Waals surface area contributed by atoms with Crippen LogP contribution in [0.25, 0.3) is 0 Å². The molecular weight excluding hydrogens is 386 g/mol. The number of nitrogens with one attached hydrogen (secondary N) is 1. The van der Waals surface area contributed by atoms with Gasteiger partial charge in [-0.25, -0.2) is 5.43 Å². The molecule has 0 saturated carbocycles. The number of benzene rings is 1. The maximum atomic E-state index is 11.9. The molecule has 9 heteroatoms. The van der Waals surface area contributed by atoms with E-state index in [1.807, 2.05) is 12.1 Å². The Hall–Kier alpha value is -2.26. The molecular formula is C14H12BrN3O4S. The molecule has 1 aromatic carbocycles. The fraction of sp³-hybridized carbons (Fsp3) is 0.143. The van der Waals surface area contributed by atoms with Crippen molar-refractivity contribution < 1.29 is 14.5 Å². The third-order valence-electron chi connectivity index (χ3n) is 2.69. The van der Waals surface area contributed by atoms with Gasteiger partial charge in [-0.05, 0) is 35.0 Å². The Kier molecular flexibility index (Phi) is 5.83. The number of halogens is 1. The lowest BCUT2D eigenvalue weighted by molar-refractivity contribution is -0.384. The number of hydrogen-bond acceptors (Lipinski definition) is 6. The Balaban J connectivity index is 1.89. The van der Waals surface area contributed by atoms with Crippen LogP contribution in [0.5, 0.6) is 5.75 Å². The number of nitro groups is 1. The molecule has 2 aromatic rings. The van der Waals surface area contributed by atoms with E-state index in [1.54, 1.807) is 19.1 Å². The van der Waals surface area contributed by atoms with Crippen molar-refractivity contribution in [2.24, 2.45) is 5.10 Å². The molecule has 1 heterocycles. The molecule has 0 bridgehead atoms. The minimum absolute atomic E-state index is 0.00611. The Bertz CT molecular complexity index is 747. The summed E-state index contributed by atoms with van der Waals surface area (Å²) in [6, 6.07) is 8.56. The normalized spacial score (nSPS) is 12.1. The average Bonchev–Trinajstić information content (AvgIpc) is 2.98. The van der Waals surface area contributed by atoms with Crippen molar-refractivity contribution in [2.75, 3.05) is 0 Å². The Morgan fingerprint density at radius 3 is 2.91 bits per heavy atom. The Morgan fingerprint density at radius 1 is 1.52 bits per heavy atom. The number of hydrazone groups is 1. The molecule has 0 saturated heterocycles. The van der Waals surface area contributed by atoms with E-state index in [0.717, 1.165) is 15.8 Å². The standard InChI is InChI=1S/C14H12BrN3O4S/c1-9(22-13-5-3-2-4-12(13)15)14(19)17-16-7-11-6-10(8-23-11)18(20)21/h2-9H,1H3,(H,17,19). The lowest BCUT2D eigenvalue weighted by Gasteiger charge is -2.13. The van der Waals surface area contributed by atoms with Crippen molar-refractivity contribution in [2.45, 2.75) is 13.0 Å². The zero-order valence-electron chi connectivity index (χ0n) is 11.9. The number of ether oxygens (including phenoxy) is 1. The molecule has 1 aromatic heterocycles. The molecule has 1 N–H and O–H groups in total. The summed E-state index contributed by atoms with van der Waals surface area (Å²) in [5, 5.41) is 15.7. The Morgan fingerprint density at radius 2 is 2.26 bits per heavy atom. The van der Waals surface area contributed by atoms with Crippen molar-refractivity contribution in [1.82, 2.24) is 5.43 Å². The number of rotatable bonds is 6. The lowest BCUT2D eigenvalue weighted by atomic mass is 10.3. The van der Waals surface area contributed by atoms with E-state index in [9.17, 15) is 14.9 Å². The summed E-state index contributed by atoms with van der Waals surface area (Å²) in [7, 11) is 0. The third-order valence-corrected chi connectivity index (χ3v) is 4.20. The van der Waals surface area contributed by atoms with E-state index in [0.29, 0.717) is 10.6 Å². The molecule has 1 amide bonds. The molecule has 2 rings (SSSR count). The summed E-state index contributed by atoms with van der Waals surface area (Å²) >= 11 is 4.49. The smallest absolute Gasteiger partial charge is 0.280 e. The van der Waals surface area contributed by atoms with Gasteiger partial charge in [0.05, 0.1) is 25.9 Å². The fourth-order valence-electron chi connectivity index (χ4n) is 1.54. The van der Waals surface area contributed by atoms with Crippen molar-refractivity contribution >= 4 is 45.1 Å². The van der Waals surface area contributed by atoms with E-state index >= 15 is 0 Å². The van der Waals surface area contributed by atoms with Crippen molar-refractivity contribution in [1.29, 1.82) is 0 Å². The van der Waals surface area contributed by atoms with Crippen LogP contribution in [0.1, 0.15) is 11.8 Å². The highest BCUT2D eigenvalue weighted by molar-refractivity contribution is 9.10. The summed E-state index contributed by atoms with van der Waals surface area (Å²) in [5.41, 5.74) is 2.33. The molecule has 0 aliphatic rings. The van der Waals surface area contributed by atoms with E-state index in [2.05, 4.69) is 26.5 Å². The monoisotopic (exact) mass is 397 g/mol. The molecule has 1 atom stereocenters. The SMILES string of the molecule is CC(Oc1ccccc1Br)C(=O)NN=Cc1cc([N+](=O)[O-])cs1. The van der Waals surface area contributed by atoms with Crippen LogP contribution in [0.2, 0.25) is 0 Å². The molecule has 23 heavy (non-hydrogen) atoms. The largest absolute Gasteiger partial charge is 0.480 e. The van der Waals surface area contributed by atoms with E-state index in [4.69, 9.17) is 4.74 Å². The second-order valence-electron chi connectivity index (χ2n) is 4.39. The van der Waals surface area contributed by atoms with Crippen LogP contribution in [0, 0.1) is 10.1 Å². The zero-order chi connectivity index (χ0) is 16.8. The molecule has 120 valence electrons. The zero-order valence-corrected chi connectivity index (χ0v) is 14.3. The predicted molar refractivity (Wildman–Crippen MR) is 90.9 cm³/mol. The number of nitrogens with zero attached hydrogens (tertiary/aromatic N) is 2. The Labute approximate surface area is 144 Å². The maximum Gasteiger partial charge on any atom is 0.280 e. The number of hydrogen-bond donors (Lipinski definition) is 1. The molecule has 1 unspecified atom stereocenters. The van der Waals surface area contributed by atoms with Crippen molar-refractivity contribution in [3.63, 3.8) is 0 Å². The van der Waals surface area contributed by atoms with Gasteiger partial charge in [0.1, 0.15) is 5.75 Å². The summed E-state index contributed by atoms with van der Waals surface area (Å²) in [5.74, 6) is 0.121. The van der Waals surface area contributed by atoms with Gasteiger partial charge in [0.25, 0.3) is 11.6 Å². The van der Waals surface area contributed by atoms with Gasteiger partial charge in [-0.2, -0.15) is 5.10 Å². The van der Waals surface area contributed by atoms with Gasteiger partial charge in [0, 0.05) is 6.07 Å². The van der Waals surface area contributed by atoms with Gasteiger partial charge in [-0.15, -0.1) is 11.3 Å². The highest BCUT2D eigenvalue weighted by Gasteiger charge is 2.15. The second kappa shape index (κ2) is 7.84. The van der Waals surface area contributed by atoms with Gasteiger partial charge < -0.3 is 4.74 Å². The lowest BCUT2D eigenvalue weighted by Crippen LogP contribution is -2.33. The predicted octanol–water partition coefficient (Wildman–Crippen LogP) is 3.34. The van der Waals surface area contributed by atoms with Crippen LogP contribution < -0.4 is 10.2 Å². The van der Waals surface area contributed by atoms with Crippen molar-refractivity contribution in [3.8, 4) is 5.75 Å². The van der Waals surface area contributed by atoms with Gasteiger partial charge >= 0.3 is 0 Å². The summed E-state index contributed by atoms with van der Waals surface area (Å²) in [6.07, 6.45) is 0.601. The number of para-hydroxylation sites is 1. The molecule has 7 nitrogen and oxygen atoms in total. The molecule has 0 radical (unpaired) electrons. The summed E-state index contributed by atoms with van der Waals surface area (Å²) in [4.78, 5) is 22.5. The molecule has 0 aliphatic carbocycles.